The summed E-state index contributed by atoms with van der Waals surface area (Å²) in [5, 5.41) is 10.2. The third-order valence-corrected chi connectivity index (χ3v) is 3.43. The van der Waals surface area contributed by atoms with Crippen LogP contribution in [0.1, 0.15) is 11.3 Å². The summed E-state index contributed by atoms with van der Waals surface area (Å²) >= 11 is 0. The van der Waals surface area contributed by atoms with Crippen molar-refractivity contribution in [3.63, 3.8) is 0 Å². The fraction of sp³-hybridized carbons (Fsp3) is 0.235. The van der Waals surface area contributed by atoms with E-state index in [-0.39, 0.29) is 0 Å². The third-order valence-electron chi connectivity index (χ3n) is 3.43. The minimum atomic E-state index is 0.621. The first-order valence-corrected chi connectivity index (χ1v) is 7.62. The van der Waals surface area contributed by atoms with Crippen molar-refractivity contribution in [3.05, 3.63) is 54.0 Å². The fourth-order valence-corrected chi connectivity index (χ4v) is 2.21. The van der Waals surface area contributed by atoms with E-state index in [1.807, 2.05) is 25.1 Å². The first kappa shape index (κ1) is 15.8. The van der Waals surface area contributed by atoms with Crippen LogP contribution in [-0.2, 0) is 6.42 Å². The molecule has 24 heavy (non-hydrogen) atoms. The lowest BCUT2D eigenvalue weighted by molar-refractivity contribution is 0.400. The molecule has 0 aliphatic rings. The number of ether oxygens (including phenoxy) is 1. The largest absolute Gasteiger partial charge is 0.497 e. The Balaban J connectivity index is 1.54. The first-order valence-electron chi connectivity index (χ1n) is 7.62. The molecule has 0 unspecified atom stereocenters. The Morgan fingerprint density at radius 1 is 1.04 bits per heavy atom. The molecule has 2 aromatic heterocycles. The second-order valence-electron chi connectivity index (χ2n) is 5.26. The van der Waals surface area contributed by atoms with E-state index in [0.717, 1.165) is 30.3 Å². The summed E-state index contributed by atoms with van der Waals surface area (Å²) in [5.41, 5.74) is 1.23. The van der Waals surface area contributed by atoms with Gasteiger partial charge in [-0.1, -0.05) is 17.3 Å². The monoisotopic (exact) mass is 325 g/mol. The second kappa shape index (κ2) is 7.45. The number of nitrogens with one attached hydrogen (secondary N) is 2. The molecule has 124 valence electrons. The van der Waals surface area contributed by atoms with Crippen molar-refractivity contribution in [1.29, 1.82) is 0 Å². The van der Waals surface area contributed by atoms with Gasteiger partial charge in [-0.05, 0) is 31.0 Å². The highest BCUT2D eigenvalue weighted by Crippen LogP contribution is 2.16. The number of anilines is 3. The predicted molar refractivity (Wildman–Crippen MR) is 91.7 cm³/mol. The maximum Gasteiger partial charge on any atom is 0.175 e. The Morgan fingerprint density at radius 2 is 1.83 bits per heavy atom. The Kier molecular flexibility index (Phi) is 4.90. The highest BCUT2D eigenvalue weighted by Gasteiger charge is 2.03. The smallest absolute Gasteiger partial charge is 0.175 e. The minimum absolute atomic E-state index is 0.621. The van der Waals surface area contributed by atoms with Crippen LogP contribution in [0.4, 0.5) is 17.5 Å². The quantitative estimate of drug-likeness (QED) is 0.690. The number of aromatic nitrogens is 3. The molecule has 0 saturated carbocycles. The summed E-state index contributed by atoms with van der Waals surface area (Å²) < 4.78 is 10.2. The molecule has 0 fully saturated rings. The van der Waals surface area contributed by atoms with Crippen molar-refractivity contribution in [2.45, 2.75) is 13.3 Å². The molecule has 2 heterocycles. The highest BCUT2D eigenvalue weighted by atomic mass is 16.5. The van der Waals surface area contributed by atoms with Gasteiger partial charge in [0.1, 0.15) is 29.5 Å². The normalized spacial score (nSPS) is 10.4. The van der Waals surface area contributed by atoms with Gasteiger partial charge >= 0.3 is 0 Å². The lowest BCUT2D eigenvalue weighted by atomic mass is 10.1. The zero-order chi connectivity index (χ0) is 16.8. The average molecular weight is 325 g/mol. The summed E-state index contributed by atoms with van der Waals surface area (Å²) in [5.74, 6) is 3.63. The van der Waals surface area contributed by atoms with Crippen LogP contribution >= 0.6 is 0 Å². The zero-order valence-electron chi connectivity index (χ0n) is 13.6. The molecule has 0 spiro atoms. The number of benzene rings is 1. The molecule has 3 aromatic rings. The van der Waals surface area contributed by atoms with Crippen LogP contribution in [0.5, 0.6) is 5.75 Å². The van der Waals surface area contributed by atoms with Crippen molar-refractivity contribution in [2.75, 3.05) is 24.3 Å². The van der Waals surface area contributed by atoms with Crippen molar-refractivity contribution in [3.8, 4) is 5.75 Å². The SMILES string of the molecule is COc1ccc(CCNc2cc(Nc3cc(C)on3)ncn2)cc1. The molecule has 0 bridgehead atoms. The molecule has 0 aliphatic carbocycles. The lowest BCUT2D eigenvalue weighted by Crippen LogP contribution is -2.07. The number of hydrogen-bond donors (Lipinski definition) is 2. The van der Waals surface area contributed by atoms with E-state index in [0.29, 0.717) is 11.6 Å². The number of rotatable bonds is 7. The summed E-state index contributed by atoms with van der Waals surface area (Å²) in [6.07, 6.45) is 2.39. The van der Waals surface area contributed by atoms with E-state index < -0.39 is 0 Å². The van der Waals surface area contributed by atoms with Gasteiger partial charge in [0.15, 0.2) is 5.82 Å². The van der Waals surface area contributed by atoms with Crippen LogP contribution in [0.25, 0.3) is 0 Å². The molecule has 0 aliphatic heterocycles. The van der Waals surface area contributed by atoms with Crippen LogP contribution in [0.3, 0.4) is 0 Å². The van der Waals surface area contributed by atoms with Gasteiger partial charge in [-0.2, -0.15) is 0 Å². The summed E-state index contributed by atoms with van der Waals surface area (Å²) in [6.45, 7) is 2.61. The molecule has 0 radical (unpaired) electrons. The van der Waals surface area contributed by atoms with E-state index in [1.54, 1.807) is 13.2 Å². The molecule has 0 saturated heterocycles. The fourth-order valence-electron chi connectivity index (χ4n) is 2.21. The van der Waals surface area contributed by atoms with Crippen LogP contribution in [0.2, 0.25) is 0 Å². The van der Waals surface area contributed by atoms with E-state index in [4.69, 9.17) is 9.26 Å². The van der Waals surface area contributed by atoms with Crippen LogP contribution in [0, 0.1) is 6.92 Å². The Bertz CT molecular complexity index is 786. The van der Waals surface area contributed by atoms with Gasteiger partial charge in [-0.15, -0.1) is 0 Å². The van der Waals surface area contributed by atoms with E-state index in [2.05, 4.69) is 37.9 Å². The van der Waals surface area contributed by atoms with Crippen LogP contribution in [0.15, 0.2) is 47.2 Å². The summed E-state index contributed by atoms with van der Waals surface area (Å²) in [4.78, 5) is 8.39. The molecule has 2 N–H and O–H groups in total. The number of aryl methyl sites for hydroxylation is 1. The van der Waals surface area contributed by atoms with Crippen LogP contribution < -0.4 is 15.4 Å². The molecule has 1 aromatic carbocycles. The Morgan fingerprint density at radius 3 is 2.54 bits per heavy atom. The number of nitrogens with zero attached hydrogens (tertiary/aromatic N) is 3. The third kappa shape index (κ3) is 4.22. The predicted octanol–water partition coefficient (Wildman–Crippen LogP) is 3.18. The van der Waals surface area contributed by atoms with Crippen LogP contribution in [-0.4, -0.2) is 28.8 Å². The van der Waals surface area contributed by atoms with Gasteiger partial charge in [0.25, 0.3) is 0 Å². The topological polar surface area (TPSA) is 85.1 Å². The van der Waals surface area contributed by atoms with Gasteiger partial charge in [0.05, 0.1) is 7.11 Å². The highest BCUT2D eigenvalue weighted by molar-refractivity contribution is 5.55. The molecule has 3 rings (SSSR count). The second-order valence-corrected chi connectivity index (χ2v) is 5.26. The molecular formula is C17H19N5O2. The number of hydrogen-bond acceptors (Lipinski definition) is 7. The maximum atomic E-state index is 5.16. The Labute approximate surface area is 140 Å². The average Bonchev–Trinajstić information content (AvgIpc) is 3.01. The first-order chi connectivity index (χ1) is 11.7. The van der Waals surface area contributed by atoms with E-state index in [9.17, 15) is 0 Å². The lowest BCUT2D eigenvalue weighted by Gasteiger charge is -2.08. The van der Waals surface area contributed by atoms with Gasteiger partial charge in [0.2, 0.25) is 0 Å². The van der Waals surface area contributed by atoms with Gasteiger partial charge in [0, 0.05) is 18.7 Å². The molecule has 0 atom stereocenters. The van der Waals surface area contributed by atoms with Crippen molar-refractivity contribution < 1.29 is 9.26 Å². The molecule has 7 heteroatoms. The van der Waals surface area contributed by atoms with E-state index >= 15 is 0 Å². The van der Waals surface area contributed by atoms with Crippen molar-refractivity contribution in [1.82, 2.24) is 15.1 Å². The number of methoxy groups -OCH3 is 1. The molecular weight excluding hydrogens is 306 g/mol. The van der Waals surface area contributed by atoms with Crippen molar-refractivity contribution in [2.24, 2.45) is 0 Å². The van der Waals surface area contributed by atoms with Gasteiger partial charge < -0.3 is 19.9 Å². The minimum Gasteiger partial charge on any atom is -0.497 e. The molecule has 7 nitrogen and oxygen atoms in total. The van der Waals surface area contributed by atoms with Gasteiger partial charge in [-0.25, -0.2) is 9.97 Å². The van der Waals surface area contributed by atoms with Gasteiger partial charge in [-0.3, -0.25) is 0 Å². The zero-order valence-corrected chi connectivity index (χ0v) is 13.6. The van der Waals surface area contributed by atoms with Crippen molar-refractivity contribution >= 4 is 17.5 Å². The summed E-state index contributed by atoms with van der Waals surface area (Å²) in [6, 6.07) is 11.7. The summed E-state index contributed by atoms with van der Waals surface area (Å²) in [7, 11) is 1.66. The maximum absolute atomic E-state index is 5.16. The molecule has 0 amide bonds. The van der Waals surface area contributed by atoms with E-state index in [1.165, 1.54) is 11.9 Å². The standard InChI is InChI=1S/C17H19N5O2/c1-12-9-17(22-24-12)21-16-10-15(19-11-20-16)18-8-7-13-3-5-14(23-2)6-4-13/h3-6,9-11H,7-8H2,1-2H3,(H2,18,19,20,21,22). The Hall–Kier alpha value is -3.09.